The van der Waals surface area contributed by atoms with Crippen LogP contribution in [0, 0.1) is 18.8 Å². The number of anilines is 1. The first-order valence-corrected chi connectivity index (χ1v) is 11.9. The summed E-state index contributed by atoms with van der Waals surface area (Å²) < 4.78 is 10.9. The van der Waals surface area contributed by atoms with Crippen LogP contribution in [0.5, 0.6) is 5.75 Å². The van der Waals surface area contributed by atoms with Gasteiger partial charge in [-0.15, -0.1) is 0 Å². The van der Waals surface area contributed by atoms with Crippen molar-refractivity contribution in [3.8, 4) is 17.6 Å². The Labute approximate surface area is 214 Å². The molecule has 3 aromatic rings. The second-order valence-electron chi connectivity index (χ2n) is 9.19. The monoisotopic (exact) mass is 498 g/mol. The molecule has 1 unspecified atom stereocenters. The number of fused-ring (bicyclic) bond motifs is 1. The van der Waals surface area contributed by atoms with Crippen LogP contribution in [0.15, 0.2) is 54.7 Å². The number of carbonyl (C=O) groups is 2. The summed E-state index contributed by atoms with van der Waals surface area (Å²) in [4.78, 5) is 36.4. The first kappa shape index (κ1) is 24.4. The minimum atomic E-state index is -1.14. The molecule has 9 nitrogen and oxygen atoms in total. The third-order valence-electron chi connectivity index (χ3n) is 6.17. The Kier molecular flexibility index (Phi) is 6.61. The highest BCUT2D eigenvalue weighted by Gasteiger charge is 2.34. The number of hydrogen-bond donors (Lipinski definition) is 2. The Bertz CT molecular complexity index is 1420. The molecule has 0 bridgehead atoms. The van der Waals surface area contributed by atoms with Crippen molar-refractivity contribution >= 4 is 17.5 Å². The topological polar surface area (TPSA) is 114 Å². The van der Waals surface area contributed by atoms with Gasteiger partial charge >= 0.3 is 0 Å². The molecule has 1 fully saturated rings. The molecule has 188 valence electrons. The van der Waals surface area contributed by atoms with Gasteiger partial charge in [0.15, 0.2) is 5.60 Å². The molecule has 1 saturated heterocycles. The lowest BCUT2D eigenvalue weighted by Crippen LogP contribution is -2.49. The Morgan fingerprint density at radius 1 is 1.24 bits per heavy atom. The number of rotatable bonds is 4. The Morgan fingerprint density at radius 2 is 2.08 bits per heavy atom. The van der Waals surface area contributed by atoms with Gasteiger partial charge in [-0.1, -0.05) is 17.9 Å². The van der Waals surface area contributed by atoms with Crippen molar-refractivity contribution < 1.29 is 24.2 Å². The number of aromatic nitrogens is 2. The fraction of sp³-hybridized carbons (Fsp3) is 0.286. The molecule has 0 aliphatic carbocycles. The highest BCUT2D eigenvalue weighted by atomic mass is 16.5. The average molecular weight is 499 g/mol. The third-order valence-corrected chi connectivity index (χ3v) is 6.17. The van der Waals surface area contributed by atoms with E-state index >= 15 is 0 Å². The molecule has 2 aliphatic rings. The predicted octanol–water partition coefficient (Wildman–Crippen LogP) is 1.64. The van der Waals surface area contributed by atoms with E-state index in [1.54, 1.807) is 37.5 Å². The Hall–Kier alpha value is -4.26. The van der Waals surface area contributed by atoms with Gasteiger partial charge in [-0.05, 0) is 55.0 Å². The number of benzene rings is 1. The van der Waals surface area contributed by atoms with Crippen LogP contribution in [0.1, 0.15) is 33.0 Å². The molecule has 1 aromatic carbocycles. The fourth-order valence-electron chi connectivity index (χ4n) is 4.08. The first-order chi connectivity index (χ1) is 17.8. The molecule has 0 radical (unpaired) electrons. The molecule has 1 atom stereocenters. The summed E-state index contributed by atoms with van der Waals surface area (Å²) in [5, 5.41) is 12.9. The number of amides is 2. The van der Waals surface area contributed by atoms with Crippen LogP contribution in [0.25, 0.3) is 0 Å². The molecular formula is C28H26N4O5. The van der Waals surface area contributed by atoms with Crippen LogP contribution < -0.4 is 15.0 Å². The van der Waals surface area contributed by atoms with E-state index in [0.29, 0.717) is 23.4 Å². The summed E-state index contributed by atoms with van der Waals surface area (Å²) in [6.07, 6.45) is 2.13. The van der Waals surface area contributed by atoms with E-state index in [-0.39, 0.29) is 31.4 Å². The third kappa shape index (κ3) is 5.45. The number of likely N-dealkylation sites (N-methyl/N-ethyl adjacent to an activating group) is 1. The van der Waals surface area contributed by atoms with E-state index < -0.39 is 17.6 Å². The predicted molar refractivity (Wildman–Crippen MR) is 135 cm³/mol. The molecule has 2 amide bonds. The SMILES string of the molecule is Cc1cccc(Cc2ccnc(C(=O)NC3COc4ccc(C#CC5(O)COC5)cc4N(C)C3=O)c2)n1. The average Bonchev–Trinajstić information content (AvgIpc) is 2.98. The zero-order valence-corrected chi connectivity index (χ0v) is 20.5. The van der Waals surface area contributed by atoms with Crippen LogP contribution in [-0.4, -0.2) is 65.4 Å². The van der Waals surface area contributed by atoms with Crippen LogP contribution >= 0.6 is 0 Å². The number of carbonyl (C=O) groups excluding carboxylic acids is 2. The summed E-state index contributed by atoms with van der Waals surface area (Å²) in [6.45, 7) is 2.25. The lowest BCUT2D eigenvalue weighted by molar-refractivity contribution is -0.140. The van der Waals surface area contributed by atoms with Crippen molar-refractivity contribution in [3.63, 3.8) is 0 Å². The maximum atomic E-state index is 13.2. The van der Waals surface area contributed by atoms with Gasteiger partial charge in [-0.3, -0.25) is 19.6 Å². The van der Waals surface area contributed by atoms with Crippen LogP contribution in [0.2, 0.25) is 0 Å². The maximum absolute atomic E-state index is 13.2. The van der Waals surface area contributed by atoms with Crippen LogP contribution in [0.3, 0.4) is 0 Å². The van der Waals surface area contributed by atoms with E-state index in [4.69, 9.17) is 9.47 Å². The number of aryl methyl sites for hydroxylation is 1. The van der Waals surface area contributed by atoms with Crippen LogP contribution in [0.4, 0.5) is 5.69 Å². The van der Waals surface area contributed by atoms with Gasteiger partial charge in [0, 0.05) is 36.6 Å². The van der Waals surface area contributed by atoms with E-state index in [9.17, 15) is 14.7 Å². The normalized spacial score (nSPS) is 17.9. The van der Waals surface area contributed by atoms with Gasteiger partial charge in [0.25, 0.3) is 11.8 Å². The highest BCUT2D eigenvalue weighted by molar-refractivity contribution is 6.03. The Balaban J connectivity index is 1.29. The molecule has 37 heavy (non-hydrogen) atoms. The van der Waals surface area contributed by atoms with Crippen molar-refractivity contribution in [1.29, 1.82) is 0 Å². The molecular weight excluding hydrogens is 472 g/mol. The molecule has 5 rings (SSSR count). The summed E-state index contributed by atoms with van der Waals surface area (Å²) in [5.74, 6) is 5.43. The zero-order chi connectivity index (χ0) is 26.0. The van der Waals surface area contributed by atoms with Crippen molar-refractivity contribution in [2.75, 3.05) is 31.8 Å². The fourth-order valence-corrected chi connectivity index (χ4v) is 4.08. The number of nitrogens with one attached hydrogen (secondary N) is 1. The van der Waals surface area contributed by atoms with E-state index in [2.05, 4.69) is 27.1 Å². The molecule has 2 aromatic heterocycles. The maximum Gasteiger partial charge on any atom is 0.270 e. The van der Waals surface area contributed by atoms with Gasteiger partial charge in [0.05, 0.1) is 18.9 Å². The van der Waals surface area contributed by atoms with Crippen molar-refractivity contribution in [2.24, 2.45) is 0 Å². The summed E-state index contributed by atoms with van der Waals surface area (Å²) in [5.41, 5.74) is 2.91. The smallest absolute Gasteiger partial charge is 0.270 e. The second kappa shape index (κ2) is 10.0. The summed E-state index contributed by atoms with van der Waals surface area (Å²) in [6, 6.07) is 13.6. The number of pyridine rings is 2. The number of nitrogens with zero attached hydrogens (tertiary/aromatic N) is 3. The summed E-state index contributed by atoms with van der Waals surface area (Å²) >= 11 is 0. The minimum absolute atomic E-state index is 0.0308. The molecule has 9 heteroatoms. The quantitative estimate of drug-likeness (QED) is 0.526. The van der Waals surface area contributed by atoms with Gasteiger partial charge in [-0.25, -0.2) is 0 Å². The Morgan fingerprint density at radius 3 is 2.84 bits per heavy atom. The summed E-state index contributed by atoms with van der Waals surface area (Å²) in [7, 11) is 1.62. The van der Waals surface area contributed by atoms with Crippen molar-refractivity contribution in [3.05, 3.63) is 82.9 Å². The second-order valence-corrected chi connectivity index (χ2v) is 9.19. The first-order valence-electron chi connectivity index (χ1n) is 11.9. The van der Waals surface area contributed by atoms with Gasteiger partial charge in [0.1, 0.15) is 24.1 Å². The molecule has 2 N–H and O–H groups in total. The molecule has 2 aliphatic heterocycles. The van der Waals surface area contributed by atoms with E-state index in [0.717, 1.165) is 17.0 Å². The lowest BCUT2D eigenvalue weighted by Gasteiger charge is -2.30. The number of hydrogen-bond acceptors (Lipinski definition) is 7. The number of aliphatic hydroxyl groups is 1. The lowest BCUT2D eigenvalue weighted by atomic mass is 10.0. The van der Waals surface area contributed by atoms with E-state index in [1.165, 1.54) is 4.90 Å². The highest BCUT2D eigenvalue weighted by Crippen LogP contribution is 2.31. The van der Waals surface area contributed by atoms with Gasteiger partial charge < -0.3 is 24.8 Å². The number of ether oxygens (including phenoxy) is 2. The van der Waals surface area contributed by atoms with Crippen molar-refractivity contribution in [1.82, 2.24) is 15.3 Å². The zero-order valence-electron chi connectivity index (χ0n) is 20.5. The van der Waals surface area contributed by atoms with Crippen LogP contribution in [-0.2, 0) is 16.0 Å². The van der Waals surface area contributed by atoms with Gasteiger partial charge in [0.2, 0.25) is 0 Å². The van der Waals surface area contributed by atoms with Gasteiger partial charge in [-0.2, -0.15) is 0 Å². The van der Waals surface area contributed by atoms with Crippen molar-refractivity contribution in [2.45, 2.75) is 25.0 Å². The minimum Gasteiger partial charge on any atom is -0.489 e. The van der Waals surface area contributed by atoms with E-state index in [1.807, 2.05) is 31.2 Å². The standard InChI is InChI=1S/C28H26N4O5/c1-18-4-3-5-21(30-18)12-20-9-11-29-22(13-20)26(33)31-23-15-37-25-7-6-19(8-10-28(35)16-36-17-28)14-24(25)32(2)27(23)34/h3-7,9,11,13-14,23,35H,12,15-17H2,1-2H3,(H,31,33). The molecule has 0 saturated carbocycles. The molecule has 4 heterocycles. The molecule has 0 spiro atoms. The largest absolute Gasteiger partial charge is 0.489 e.